The van der Waals surface area contributed by atoms with Gasteiger partial charge in [0.05, 0.1) is 23.3 Å². The molecule has 2 aromatic rings. The van der Waals surface area contributed by atoms with Crippen molar-refractivity contribution in [1.29, 1.82) is 10.5 Å². The van der Waals surface area contributed by atoms with E-state index < -0.39 is 0 Å². The van der Waals surface area contributed by atoms with Gasteiger partial charge < -0.3 is 10.6 Å². The molecule has 2 N–H and O–H groups in total. The maximum absolute atomic E-state index is 8.75. The van der Waals surface area contributed by atoms with Gasteiger partial charge in [-0.15, -0.1) is 0 Å². The molecule has 4 nitrogen and oxygen atoms in total. The molecule has 23 heavy (non-hydrogen) atoms. The maximum atomic E-state index is 8.75. The van der Waals surface area contributed by atoms with Crippen LogP contribution in [0.1, 0.15) is 28.7 Å². The van der Waals surface area contributed by atoms with Gasteiger partial charge in [0.15, 0.2) is 0 Å². The van der Waals surface area contributed by atoms with Crippen LogP contribution in [0.4, 0.5) is 0 Å². The molecule has 2 rings (SSSR count). The molecule has 0 fully saturated rings. The number of nitrogens with zero attached hydrogens (tertiary/aromatic N) is 2. The molecule has 2 aromatic carbocycles. The fourth-order valence-corrected chi connectivity index (χ4v) is 2.20. The van der Waals surface area contributed by atoms with Crippen molar-refractivity contribution in [2.45, 2.75) is 19.5 Å². The number of benzene rings is 2. The van der Waals surface area contributed by atoms with Crippen molar-refractivity contribution in [1.82, 2.24) is 10.6 Å². The summed E-state index contributed by atoms with van der Waals surface area (Å²) in [6.45, 7) is 3.53. The average Bonchev–Trinajstić information content (AvgIpc) is 2.62. The zero-order valence-corrected chi connectivity index (χ0v) is 13.0. The topological polar surface area (TPSA) is 71.6 Å². The van der Waals surface area contributed by atoms with Crippen LogP contribution in [0.3, 0.4) is 0 Å². The van der Waals surface area contributed by atoms with E-state index in [1.54, 1.807) is 0 Å². The Hall–Kier alpha value is -2.66. The molecular formula is C19H20N4. The molecule has 0 unspecified atom stereocenters. The first-order valence-electron chi connectivity index (χ1n) is 7.71. The van der Waals surface area contributed by atoms with Crippen LogP contribution in [-0.2, 0) is 13.1 Å². The monoisotopic (exact) mass is 304 g/mol. The Labute approximate surface area is 137 Å². The van der Waals surface area contributed by atoms with Crippen LogP contribution in [0.15, 0.2) is 48.5 Å². The second kappa shape index (κ2) is 9.38. The Morgan fingerprint density at radius 1 is 0.652 bits per heavy atom. The third kappa shape index (κ3) is 5.92. The van der Waals surface area contributed by atoms with E-state index in [2.05, 4.69) is 22.8 Å². The van der Waals surface area contributed by atoms with Crippen molar-refractivity contribution in [2.24, 2.45) is 0 Å². The van der Waals surface area contributed by atoms with E-state index in [1.807, 2.05) is 48.5 Å². The van der Waals surface area contributed by atoms with Crippen LogP contribution < -0.4 is 10.6 Å². The van der Waals surface area contributed by atoms with E-state index in [4.69, 9.17) is 10.5 Å². The Bertz CT molecular complexity index is 614. The summed E-state index contributed by atoms with van der Waals surface area (Å²) in [6, 6.07) is 19.5. The van der Waals surface area contributed by atoms with Gasteiger partial charge >= 0.3 is 0 Å². The summed E-state index contributed by atoms with van der Waals surface area (Å²) in [6.07, 6.45) is 1.05. The highest BCUT2D eigenvalue weighted by atomic mass is 14.9. The summed E-state index contributed by atoms with van der Waals surface area (Å²) in [5.74, 6) is 0. The predicted molar refractivity (Wildman–Crippen MR) is 90.3 cm³/mol. The first-order chi connectivity index (χ1) is 11.3. The van der Waals surface area contributed by atoms with Crippen LogP contribution in [0.5, 0.6) is 0 Å². The molecule has 0 radical (unpaired) electrons. The van der Waals surface area contributed by atoms with Crippen molar-refractivity contribution in [2.75, 3.05) is 13.1 Å². The first kappa shape index (κ1) is 16.7. The molecule has 0 aliphatic carbocycles. The predicted octanol–water partition coefficient (Wildman–Crippen LogP) is 2.70. The molecule has 0 aromatic heterocycles. The summed E-state index contributed by atoms with van der Waals surface area (Å²) >= 11 is 0. The van der Waals surface area contributed by atoms with Crippen molar-refractivity contribution in [3.63, 3.8) is 0 Å². The minimum absolute atomic E-state index is 0.695. The number of hydrogen-bond acceptors (Lipinski definition) is 4. The quantitative estimate of drug-likeness (QED) is 0.736. The van der Waals surface area contributed by atoms with E-state index in [1.165, 1.54) is 11.1 Å². The van der Waals surface area contributed by atoms with Crippen LogP contribution in [0.25, 0.3) is 0 Å². The summed E-state index contributed by atoms with van der Waals surface area (Å²) in [4.78, 5) is 0. The molecule has 0 bridgehead atoms. The molecule has 0 saturated heterocycles. The summed E-state index contributed by atoms with van der Waals surface area (Å²) in [5.41, 5.74) is 3.77. The van der Waals surface area contributed by atoms with Gasteiger partial charge in [-0.05, 0) is 54.9 Å². The van der Waals surface area contributed by atoms with E-state index in [-0.39, 0.29) is 0 Å². The van der Waals surface area contributed by atoms with Crippen LogP contribution in [0, 0.1) is 22.7 Å². The summed E-state index contributed by atoms with van der Waals surface area (Å²) < 4.78 is 0. The van der Waals surface area contributed by atoms with Gasteiger partial charge in [0.1, 0.15) is 0 Å². The molecule has 0 heterocycles. The third-order valence-electron chi connectivity index (χ3n) is 3.53. The van der Waals surface area contributed by atoms with Crippen LogP contribution >= 0.6 is 0 Å². The maximum Gasteiger partial charge on any atom is 0.0991 e. The zero-order valence-electron chi connectivity index (χ0n) is 13.0. The lowest BCUT2D eigenvalue weighted by Gasteiger charge is -2.07. The standard InChI is InChI=1S/C19H20N4/c20-12-16-2-6-18(7-3-16)14-22-10-1-11-23-15-19-8-4-17(13-21)5-9-19/h2-9,22-23H,1,10-11,14-15H2. The Balaban J connectivity index is 1.55. The minimum Gasteiger partial charge on any atom is -0.313 e. The molecule has 116 valence electrons. The smallest absolute Gasteiger partial charge is 0.0991 e. The second-order valence-electron chi connectivity index (χ2n) is 5.32. The normalized spacial score (nSPS) is 10.0. The number of hydrogen-bond donors (Lipinski definition) is 2. The lowest BCUT2D eigenvalue weighted by Crippen LogP contribution is -2.21. The Morgan fingerprint density at radius 2 is 1.04 bits per heavy atom. The van der Waals surface area contributed by atoms with E-state index >= 15 is 0 Å². The van der Waals surface area contributed by atoms with Gasteiger partial charge in [-0.1, -0.05) is 24.3 Å². The third-order valence-corrected chi connectivity index (χ3v) is 3.53. The highest BCUT2D eigenvalue weighted by Crippen LogP contribution is 2.03. The molecule has 0 saturated carbocycles. The molecule has 0 aliphatic heterocycles. The highest BCUT2D eigenvalue weighted by Gasteiger charge is 1.96. The van der Waals surface area contributed by atoms with Gasteiger partial charge in [-0.2, -0.15) is 10.5 Å². The van der Waals surface area contributed by atoms with Gasteiger partial charge in [0, 0.05) is 13.1 Å². The van der Waals surface area contributed by atoms with Crippen molar-refractivity contribution >= 4 is 0 Å². The number of rotatable bonds is 8. The fraction of sp³-hybridized carbons (Fsp3) is 0.263. The fourth-order valence-electron chi connectivity index (χ4n) is 2.20. The molecular weight excluding hydrogens is 284 g/mol. The minimum atomic E-state index is 0.695. The van der Waals surface area contributed by atoms with E-state index in [9.17, 15) is 0 Å². The van der Waals surface area contributed by atoms with Crippen molar-refractivity contribution in [3.05, 3.63) is 70.8 Å². The number of nitriles is 2. The summed E-state index contributed by atoms with van der Waals surface area (Å²) in [7, 11) is 0. The zero-order chi connectivity index (χ0) is 16.3. The van der Waals surface area contributed by atoms with Gasteiger partial charge in [-0.25, -0.2) is 0 Å². The van der Waals surface area contributed by atoms with Gasteiger partial charge in [-0.3, -0.25) is 0 Å². The van der Waals surface area contributed by atoms with Gasteiger partial charge in [0.2, 0.25) is 0 Å². The molecule has 0 atom stereocenters. The molecule has 0 spiro atoms. The lowest BCUT2D eigenvalue weighted by molar-refractivity contribution is 0.595. The average molecular weight is 304 g/mol. The molecule has 0 amide bonds. The van der Waals surface area contributed by atoms with Crippen molar-refractivity contribution in [3.8, 4) is 12.1 Å². The summed E-state index contributed by atoms with van der Waals surface area (Å²) in [5, 5.41) is 24.3. The number of nitrogens with one attached hydrogen (secondary N) is 2. The second-order valence-corrected chi connectivity index (χ2v) is 5.32. The van der Waals surface area contributed by atoms with Crippen LogP contribution in [-0.4, -0.2) is 13.1 Å². The Morgan fingerprint density at radius 3 is 1.39 bits per heavy atom. The SMILES string of the molecule is N#Cc1ccc(CNCCCNCc2ccc(C#N)cc2)cc1. The van der Waals surface area contributed by atoms with Crippen molar-refractivity contribution < 1.29 is 0 Å². The molecule has 4 heteroatoms. The lowest BCUT2D eigenvalue weighted by atomic mass is 10.1. The Kier molecular flexibility index (Phi) is 6.81. The van der Waals surface area contributed by atoms with E-state index in [0.717, 1.165) is 32.6 Å². The first-order valence-corrected chi connectivity index (χ1v) is 7.71. The van der Waals surface area contributed by atoms with Crippen LogP contribution in [0.2, 0.25) is 0 Å². The molecule has 0 aliphatic rings. The van der Waals surface area contributed by atoms with Gasteiger partial charge in [0.25, 0.3) is 0 Å². The van der Waals surface area contributed by atoms with E-state index in [0.29, 0.717) is 11.1 Å². The highest BCUT2D eigenvalue weighted by molar-refractivity contribution is 5.32. The largest absolute Gasteiger partial charge is 0.313 e.